The summed E-state index contributed by atoms with van der Waals surface area (Å²) in [6.45, 7) is 1.49. The maximum absolute atomic E-state index is 13.2. The minimum absolute atomic E-state index is 0.0383. The van der Waals surface area contributed by atoms with Gasteiger partial charge in [-0.15, -0.1) is 0 Å². The van der Waals surface area contributed by atoms with Gasteiger partial charge in [0.25, 0.3) is 10.2 Å². The number of nitrogens with zero attached hydrogens (tertiary/aromatic N) is 2. The summed E-state index contributed by atoms with van der Waals surface area (Å²) < 4.78 is 39.6. The van der Waals surface area contributed by atoms with Gasteiger partial charge in [0.05, 0.1) is 0 Å². The summed E-state index contributed by atoms with van der Waals surface area (Å²) in [5.41, 5.74) is 0.390. The van der Waals surface area contributed by atoms with Crippen molar-refractivity contribution in [3.8, 4) is 0 Å². The Bertz CT molecular complexity index is 575. The van der Waals surface area contributed by atoms with E-state index in [4.69, 9.17) is 0 Å². The van der Waals surface area contributed by atoms with Crippen LogP contribution < -0.4 is 9.62 Å². The Morgan fingerprint density at radius 1 is 1.35 bits per heavy atom. The summed E-state index contributed by atoms with van der Waals surface area (Å²) in [4.78, 5) is 12.9. The van der Waals surface area contributed by atoms with Crippen molar-refractivity contribution in [3.63, 3.8) is 0 Å². The average Bonchev–Trinajstić information content (AvgIpc) is 2.33. The van der Waals surface area contributed by atoms with E-state index in [1.165, 1.54) is 44.1 Å². The number of rotatable bonds is 6. The van der Waals surface area contributed by atoms with E-state index in [1.807, 2.05) is 0 Å². The lowest BCUT2D eigenvalue weighted by atomic mass is 10.2. The van der Waals surface area contributed by atoms with Crippen molar-refractivity contribution in [2.75, 3.05) is 32.1 Å². The van der Waals surface area contributed by atoms with Crippen LogP contribution in [0.2, 0.25) is 0 Å². The molecule has 1 aromatic carbocycles. The molecule has 8 heteroatoms. The van der Waals surface area contributed by atoms with Gasteiger partial charge in [-0.05, 0) is 18.2 Å². The Labute approximate surface area is 118 Å². The molecule has 0 saturated heterocycles. The van der Waals surface area contributed by atoms with Crippen molar-refractivity contribution < 1.29 is 17.6 Å². The zero-order valence-corrected chi connectivity index (χ0v) is 12.4. The van der Waals surface area contributed by atoms with E-state index in [9.17, 15) is 17.6 Å². The van der Waals surface area contributed by atoms with E-state index in [2.05, 4.69) is 4.72 Å². The molecule has 20 heavy (non-hydrogen) atoms. The summed E-state index contributed by atoms with van der Waals surface area (Å²) in [5.74, 6) is -0.748. The molecule has 0 saturated carbocycles. The molecule has 0 atom stereocenters. The molecular formula is C12H18FN3O3S. The van der Waals surface area contributed by atoms with E-state index in [-0.39, 0.29) is 19.0 Å². The quantitative estimate of drug-likeness (QED) is 0.835. The molecule has 1 amide bonds. The number of carbonyl (C=O) groups excluding carboxylic acids is 1. The van der Waals surface area contributed by atoms with Crippen LogP contribution in [-0.2, 0) is 15.0 Å². The largest absolute Gasteiger partial charge is 0.311 e. The second-order valence-electron chi connectivity index (χ2n) is 4.33. The molecular weight excluding hydrogens is 285 g/mol. The number of carbonyl (C=O) groups is 1. The number of hydrogen-bond donors (Lipinski definition) is 1. The van der Waals surface area contributed by atoms with Gasteiger partial charge in [0.15, 0.2) is 0 Å². The molecule has 0 aliphatic heterocycles. The highest BCUT2D eigenvalue weighted by Gasteiger charge is 2.15. The third-order valence-electron chi connectivity index (χ3n) is 2.60. The molecule has 0 radical (unpaired) electrons. The highest BCUT2D eigenvalue weighted by Crippen LogP contribution is 2.15. The van der Waals surface area contributed by atoms with Gasteiger partial charge in [-0.2, -0.15) is 12.7 Å². The van der Waals surface area contributed by atoms with Crippen molar-refractivity contribution in [2.24, 2.45) is 0 Å². The fourth-order valence-corrected chi connectivity index (χ4v) is 2.14. The lowest BCUT2D eigenvalue weighted by Gasteiger charge is -2.22. The Morgan fingerprint density at radius 3 is 2.50 bits per heavy atom. The topological polar surface area (TPSA) is 69.7 Å². The Morgan fingerprint density at radius 2 is 2.00 bits per heavy atom. The van der Waals surface area contributed by atoms with E-state index < -0.39 is 16.0 Å². The molecule has 0 aromatic heterocycles. The lowest BCUT2D eigenvalue weighted by Crippen LogP contribution is -2.41. The summed E-state index contributed by atoms with van der Waals surface area (Å²) in [6.07, 6.45) is 0. The van der Waals surface area contributed by atoms with Crippen LogP contribution in [0.1, 0.15) is 6.92 Å². The summed E-state index contributed by atoms with van der Waals surface area (Å²) in [5, 5.41) is 0. The van der Waals surface area contributed by atoms with Crippen LogP contribution in [0, 0.1) is 5.82 Å². The second kappa shape index (κ2) is 6.78. The average molecular weight is 303 g/mol. The normalized spacial score (nSPS) is 11.7. The number of hydrogen-bond acceptors (Lipinski definition) is 3. The Hall–Kier alpha value is -1.51. The molecule has 0 aliphatic rings. The zero-order valence-electron chi connectivity index (χ0n) is 11.6. The SMILES string of the molecule is CC(=O)N(CCNS(=O)(=O)N(C)C)c1cccc(F)c1. The molecule has 6 nitrogen and oxygen atoms in total. The van der Waals surface area contributed by atoms with Gasteiger partial charge in [0, 0.05) is 39.8 Å². The molecule has 0 bridgehead atoms. The first kappa shape index (κ1) is 16.5. The highest BCUT2D eigenvalue weighted by atomic mass is 32.2. The van der Waals surface area contributed by atoms with Crippen LogP contribution in [0.25, 0.3) is 0 Å². The maximum atomic E-state index is 13.2. The molecule has 1 rings (SSSR count). The minimum Gasteiger partial charge on any atom is -0.311 e. The van der Waals surface area contributed by atoms with E-state index in [1.54, 1.807) is 6.07 Å². The first-order chi connectivity index (χ1) is 9.24. The molecule has 0 heterocycles. The van der Waals surface area contributed by atoms with Crippen LogP contribution >= 0.6 is 0 Å². The van der Waals surface area contributed by atoms with Crippen LogP contribution in [0.4, 0.5) is 10.1 Å². The van der Waals surface area contributed by atoms with Crippen LogP contribution in [-0.4, -0.2) is 45.8 Å². The summed E-state index contributed by atoms with van der Waals surface area (Å²) in [7, 11) is -0.738. The number of amides is 1. The third-order valence-corrected chi connectivity index (χ3v) is 4.13. The number of nitrogens with one attached hydrogen (secondary N) is 1. The van der Waals surface area contributed by atoms with Crippen LogP contribution in [0.3, 0.4) is 0 Å². The molecule has 112 valence electrons. The van der Waals surface area contributed by atoms with Crippen molar-refractivity contribution in [1.82, 2.24) is 9.03 Å². The first-order valence-electron chi connectivity index (χ1n) is 5.95. The molecule has 0 aliphatic carbocycles. The summed E-state index contributed by atoms with van der Waals surface area (Å²) in [6, 6.07) is 5.58. The first-order valence-corrected chi connectivity index (χ1v) is 7.39. The monoisotopic (exact) mass is 303 g/mol. The predicted octanol–water partition coefficient (Wildman–Crippen LogP) is 0.575. The standard InChI is InChI=1S/C12H18FN3O3S/c1-10(17)16(12-6-4-5-11(13)9-12)8-7-14-20(18,19)15(2)3/h4-6,9,14H,7-8H2,1-3H3. The summed E-state index contributed by atoms with van der Waals surface area (Å²) >= 11 is 0. The van der Waals surface area contributed by atoms with Crippen LogP contribution in [0.5, 0.6) is 0 Å². The number of anilines is 1. The van der Waals surface area contributed by atoms with E-state index in [0.717, 1.165) is 4.31 Å². The second-order valence-corrected chi connectivity index (χ2v) is 6.30. The lowest BCUT2D eigenvalue weighted by molar-refractivity contribution is -0.116. The van der Waals surface area contributed by atoms with Crippen molar-refractivity contribution >= 4 is 21.8 Å². The van der Waals surface area contributed by atoms with Gasteiger partial charge in [-0.25, -0.2) is 9.11 Å². The van der Waals surface area contributed by atoms with Crippen molar-refractivity contribution in [3.05, 3.63) is 30.1 Å². The predicted molar refractivity (Wildman–Crippen MR) is 75.0 cm³/mol. The van der Waals surface area contributed by atoms with Gasteiger partial charge in [-0.3, -0.25) is 4.79 Å². The smallest absolute Gasteiger partial charge is 0.278 e. The molecule has 1 aromatic rings. The van der Waals surface area contributed by atoms with Crippen molar-refractivity contribution in [1.29, 1.82) is 0 Å². The van der Waals surface area contributed by atoms with Gasteiger partial charge in [0.2, 0.25) is 5.91 Å². The Balaban J connectivity index is 2.73. The van der Waals surface area contributed by atoms with Gasteiger partial charge in [-0.1, -0.05) is 6.07 Å². The minimum atomic E-state index is -3.54. The van der Waals surface area contributed by atoms with E-state index >= 15 is 0 Å². The zero-order chi connectivity index (χ0) is 15.3. The fraction of sp³-hybridized carbons (Fsp3) is 0.417. The number of benzene rings is 1. The fourth-order valence-electron chi connectivity index (χ4n) is 1.53. The number of halogens is 1. The molecule has 0 unspecified atom stereocenters. The molecule has 1 N–H and O–H groups in total. The Kier molecular flexibility index (Phi) is 5.61. The highest BCUT2D eigenvalue weighted by molar-refractivity contribution is 7.87. The van der Waals surface area contributed by atoms with Crippen LogP contribution in [0.15, 0.2) is 24.3 Å². The van der Waals surface area contributed by atoms with Gasteiger partial charge in [0.1, 0.15) is 5.82 Å². The van der Waals surface area contributed by atoms with Crippen molar-refractivity contribution in [2.45, 2.75) is 6.92 Å². The van der Waals surface area contributed by atoms with Gasteiger partial charge < -0.3 is 4.90 Å². The molecule has 0 spiro atoms. The maximum Gasteiger partial charge on any atom is 0.278 e. The third kappa shape index (κ3) is 4.55. The molecule has 0 fully saturated rings. The van der Waals surface area contributed by atoms with E-state index in [0.29, 0.717) is 5.69 Å². The van der Waals surface area contributed by atoms with Gasteiger partial charge >= 0.3 is 0 Å².